The van der Waals surface area contributed by atoms with Gasteiger partial charge in [0.25, 0.3) is 0 Å². The molecule has 0 spiro atoms. The molecular weight excluding hydrogens is 364 g/mol. The molecule has 1 unspecified atom stereocenters. The maximum Gasteiger partial charge on any atom is 0.317 e. The summed E-state index contributed by atoms with van der Waals surface area (Å²) in [5.74, 6) is 0.192. The quantitative estimate of drug-likeness (QED) is 0.655. The van der Waals surface area contributed by atoms with Gasteiger partial charge in [0.1, 0.15) is 0 Å². The highest BCUT2D eigenvalue weighted by Crippen LogP contribution is 2.30. The second kappa shape index (κ2) is 11.0. The van der Waals surface area contributed by atoms with E-state index in [0.717, 1.165) is 42.6 Å². The van der Waals surface area contributed by atoms with Crippen LogP contribution in [0, 0.1) is 5.92 Å². The van der Waals surface area contributed by atoms with Crippen LogP contribution in [0.2, 0.25) is 0 Å². The first-order chi connectivity index (χ1) is 14.2. The summed E-state index contributed by atoms with van der Waals surface area (Å²) in [6.07, 6.45) is 2.15. The van der Waals surface area contributed by atoms with Crippen molar-refractivity contribution in [2.24, 2.45) is 5.92 Å². The Labute approximate surface area is 173 Å². The first-order valence-electron chi connectivity index (χ1n) is 10.6. The molecule has 2 amide bonds. The summed E-state index contributed by atoms with van der Waals surface area (Å²) < 4.78 is 5.66. The zero-order chi connectivity index (χ0) is 20.5. The molecule has 2 N–H and O–H groups in total. The van der Waals surface area contributed by atoms with E-state index in [9.17, 15) is 9.90 Å². The van der Waals surface area contributed by atoms with E-state index in [-0.39, 0.29) is 11.9 Å². The third-order valence-corrected chi connectivity index (χ3v) is 5.57. The number of benzene rings is 2. The molecule has 1 aliphatic heterocycles. The number of carbonyl (C=O) groups excluding carboxylic acids is 1. The van der Waals surface area contributed by atoms with E-state index in [1.807, 2.05) is 59.5 Å². The Morgan fingerprint density at radius 2 is 1.76 bits per heavy atom. The van der Waals surface area contributed by atoms with Gasteiger partial charge in [0.05, 0.1) is 12.7 Å². The van der Waals surface area contributed by atoms with Crippen LogP contribution in [0.25, 0.3) is 0 Å². The van der Waals surface area contributed by atoms with Gasteiger partial charge in [0, 0.05) is 26.2 Å². The van der Waals surface area contributed by atoms with Crippen molar-refractivity contribution in [1.82, 2.24) is 10.2 Å². The number of nitrogens with one attached hydrogen (secondary N) is 1. The van der Waals surface area contributed by atoms with Gasteiger partial charge in [-0.15, -0.1) is 0 Å². The average Bonchev–Trinajstić information content (AvgIpc) is 2.78. The number of hydrogen-bond donors (Lipinski definition) is 2. The molecule has 0 saturated carbocycles. The lowest BCUT2D eigenvalue weighted by atomic mass is 9.87. The van der Waals surface area contributed by atoms with Crippen molar-refractivity contribution in [2.45, 2.75) is 45.4 Å². The van der Waals surface area contributed by atoms with E-state index in [2.05, 4.69) is 12.2 Å². The number of carbonyl (C=O) groups is 1. The number of aliphatic hydroxyl groups excluding tert-OH is 1. The number of hydrogen-bond acceptors (Lipinski definition) is 3. The zero-order valence-corrected chi connectivity index (χ0v) is 17.2. The second-order valence-electron chi connectivity index (χ2n) is 7.66. The lowest BCUT2D eigenvalue weighted by molar-refractivity contribution is 0.0665. The van der Waals surface area contributed by atoms with Crippen molar-refractivity contribution in [3.63, 3.8) is 0 Å². The van der Waals surface area contributed by atoms with E-state index in [0.29, 0.717) is 26.2 Å². The molecule has 1 saturated heterocycles. The molecule has 0 bridgehead atoms. The summed E-state index contributed by atoms with van der Waals surface area (Å²) in [4.78, 5) is 14.5. The highest BCUT2D eigenvalue weighted by atomic mass is 16.5. The predicted molar refractivity (Wildman–Crippen MR) is 114 cm³/mol. The van der Waals surface area contributed by atoms with Crippen LogP contribution >= 0.6 is 0 Å². The van der Waals surface area contributed by atoms with Gasteiger partial charge in [-0.2, -0.15) is 0 Å². The van der Waals surface area contributed by atoms with Crippen molar-refractivity contribution >= 4 is 6.03 Å². The fraction of sp³-hybridized carbons (Fsp3) is 0.458. The van der Waals surface area contributed by atoms with Crippen molar-refractivity contribution < 1.29 is 14.6 Å². The van der Waals surface area contributed by atoms with Gasteiger partial charge in [0.2, 0.25) is 0 Å². The molecule has 1 atom stereocenters. The molecule has 5 nitrogen and oxygen atoms in total. The number of ether oxygens (including phenoxy) is 1. The van der Waals surface area contributed by atoms with Gasteiger partial charge in [-0.3, -0.25) is 0 Å². The topological polar surface area (TPSA) is 61.8 Å². The maximum atomic E-state index is 12.6. The molecule has 1 aliphatic rings. The highest BCUT2D eigenvalue weighted by Gasteiger charge is 2.28. The van der Waals surface area contributed by atoms with Crippen LogP contribution in [-0.4, -0.2) is 35.7 Å². The Morgan fingerprint density at radius 1 is 1.10 bits per heavy atom. The Kier molecular flexibility index (Phi) is 8.08. The number of piperidine rings is 1. The van der Waals surface area contributed by atoms with Crippen molar-refractivity contribution in [3.8, 4) is 0 Å². The molecule has 1 heterocycles. The van der Waals surface area contributed by atoms with Gasteiger partial charge in [-0.05, 0) is 41.9 Å². The second-order valence-corrected chi connectivity index (χ2v) is 7.66. The van der Waals surface area contributed by atoms with Crippen molar-refractivity contribution in [3.05, 3.63) is 71.3 Å². The van der Waals surface area contributed by atoms with Gasteiger partial charge < -0.3 is 20.1 Å². The van der Waals surface area contributed by atoms with Crippen LogP contribution < -0.4 is 5.32 Å². The van der Waals surface area contributed by atoms with Crippen LogP contribution in [0.15, 0.2) is 54.6 Å². The SMILES string of the molecule is CCCOCc1ccccc1CNC(=O)N1CCC(C(O)c2ccccc2)CC1. The standard InChI is InChI=1S/C24H32N2O3/c1-2-16-29-18-22-11-7-6-10-21(22)17-25-24(28)26-14-12-20(13-15-26)23(27)19-8-4-3-5-9-19/h3-11,20,23,27H,2,12-18H2,1H3,(H,25,28). The van der Waals surface area contributed by atoms with Crippen LogP contribution in [0.1, 0.15) is 49.0 Å². The predicted octanol–water partition coefficient (Wildman–Crippen LogP) is 4.27. The first-order valence-corrected chi connectivity index (χ1v) is 10.6. The molecule has 0 aliphatic carbocycles. The zero-order valence-electron chi connectivity index (χ0n) is 17.2. The fourth-order valence-electron chi connectivity index (χ4n) is 3.82. The molecule has 5 heteroatoms. The number of aliphatic hydroxyl groups is 1. The maximum absolute atomic E-state index is 12.6. The molecule has 2 aromatic rings. The molecular formula is C24H32N2O3. The first kappa shape index (κ1) is 21.3. The van der Waals surface area contributed by atoms with Gasteiger partial charge in [-0.1, -0.05) is 61.5 Å². The monoisotopic (exact) mass is 396 g/mol. The van der Waals surface area contributed by atoms with Crippen molar-refractivity contribution in [2.75, 3.05) is 19.7 Å². The van der Waals surface area contributed by atoms with Gasteiger partial charge in [-0.25, -0.2) is 4.79 Å². The molecule has 1 fully saturated rings. The Balaban J connectivity index is 1.47. The van der Waals surface area contributed by atoms with Crippen LogP contribution in [0.5, 0.6) is 0 Å². The minimum atomic E-state index is -0.462. The van der Waals surface area contributed by atoms with Crippen molar-refractivity contribution in [1.29, 1.82) is 0 Å². The summed E-state index contributed by atoms with van der Waals surface area (Å²) in [5, 5.41) is 13.7. The molecule has 3 rings (SSSR count). The van der Waals surface area contributed by atoms with E-state index in [1.54, 1.807) is 0 Å². The number of urea groups is 1. The minimum absolute atomic E-state index is 0.0399. The smallest absolute Gasteiger partial charge is 0.317 e. The third-order valence-electron chi connectivity index (χ3n) is 5.57. The number of rotatable bonds is 8. The van der Waals surface area contributed by atoms with Crippen LogP contribution in [-0.2, 0) is 17.9 Å². The fourth-order valence-corrected chi connectivity index (χ4v) is 3.82. The Bertz CT molecular complexity index is 758. The van der Waals surface area contributed by atoms with E-state index in [4.69, 9.17) is 4.74 Å². The van der Waals surface area contributed by atoms with E-state index < -0.39 is 6.10 Å². The van der Waals surface area contributed by atoms with Crippen LogP contribution in [0.3, 0.4) is 0 Å². The minimum Gasteiger partial charge on any atom is -0.388 e. The lowest BCUT2D eigenvalue weighted by Crippen LogP contribution is -2.45. The van der Waals surface area contributed by atoms with Gasteiger partial charge >= 0.3 is 6.03 Å². The summed E-state index contributed by atoms with van der Waals surface area (Å²) in [6.45, 7) is 5.24. The van der Waals surface area contributed by atoms with E-state index >= 15 is 0 Å². The largest absolute Gasteiger partial charge is 0.388 e. The number of likely N-dealkylation sites (tertiary alicyclic amines) is 1. The summed E-state index contributed by atoms with van der Waals surface area (Å²) >= 11 is 0. The molecule has 29 heavy (non-hydrogen) atoms. The molecule has 0 aromatic heterocycles. The Hall–Kier alpha value is -2.37. The number of amides is 2. The summed E-state index contributed by atoms with van der Waals surface area (Å²) in [7, 11) is 0. The number of nitrogens with zero attached hydrogens (tertiary/aromatic N) is 1. The highest BCUT2D eigenvalue weighted by molar-refractivity contribution is 5.74. The van der Waals surface area contributed by atoms with Crippen LogP contribution in [0.4, 0.5) is 4.79 Å². The third kappa shape index (κ3) is 6.05. The Morgan fingerprint density at radius 3 is 2.45 bits per heavy atom. The molecule has 2 aromatic carbocycles. The summed E-state index contributed by atoms with van der Waals surface area (Å²) in [6, 6.07) is 17.8. The molecule has 156 valence electrons. The molecule has 0 radical (unpaired) electrons. The average molecular weight is 397 g/mol. The van der Waals surface area contributed by atoms with E-state index in [1.165, 1.54) is 0 Å². The van der Waals surface area contributed by atoms with Gasteiger partial charge in [0.15, 0.2) is 0 Å². The lowest BCUT2D eigenvalue weighted by Gasteiger charge is -2.34. The normalized spacial score (nSPS) is 15.9. The summed E-state index contributed by atoms with van der Waals surface area (Å²) in [5.41, 5.74) is 3.16.